The molecule has 1 rings (SSSR count). The molecule has 0 heterocycles. The summed E-state index contributed by atoms with van der Waals surface area (Å²) in [4.78, 5) is 22.9. The first kappa shape index (κ1) is 21.9. The van der Waals surface area contributed by atoms with Crippen molar-refractivity contribution in [1.29, 1.82) is 0 Å². The van der Waals surface area contributed by atoms with Gasteiger partial charge in [0.2, 0.25) is 15.9 Å². The van der Waals surface area contributed by atoms with E-state index in [-0.39, 0.29) is 13.0 Å². The molecule has 1 amide bonds. The van der Waals surface area contributed by atoms with Gasteiger partial charge < -0.3 is 15.2 Å². The number of amides is 1. The average Bonchev–Trinajstić information content (AvgIpc) is 2.48. The summed E-state index contributed by atoms with van der Waals surface area (Å²) in [7, 11) is -3.54. The zero-order valence-electron chi connectivity index (χ0n) is 15.4. The molecule has 0 aromatic heterocycles. The zero-order valence-corrected chi connectivity index (χ0v) is 16.2. The first-order chi connectivity index (χ1) is 11.9. The number of rotatable bonds is 9. The van der Waals surface area contributed by atoms with Crippen molar-refractivity contribution in [1.82, 2.24) is 4.72 Å². The summed E-state index contributed by atoms with van der Waals surface area (Å²) in [5.74, 6) is -0.782. The van der Waals surface area contributed by atoms with Gasteiger partial charge in [0.05, 0.1) is 12.9 Å². The Labute approximate surface area is 154 Å². The Kier molecular flexibility index (Phi) is 7.58. The SMILES string of the molecule is CC(C)(C)C(NS(C)(=O)=O)C(=O)Nc1ccc(OCCCC(=O)O)cc1. The van der Waals surface area contributed by atoms with E-state index in [2.05, 4.69) is 10.0 Å². The highest BCUT2D eigenvalue weighted by Gasteiger charge is 2.33. The predicted octanol–water partition coefficient (Wildman–Crippen LogP) is 1.83. The van der Waals surface area contributed by atoms with Crippen molar-refractivity contribution in [3.8, 4) is 5.75 Å². The predicted molar refractivity (Wildman–Crippen MR) is 98.7 cm³/mol. The molecule has 8 nitrogen and oxygen atoms in total. The summed E-state index contributed by atoms with van der Waals surface area (Å²) in [5.41, 5.74) is -0.113. The molecule has 26 heavy (non-hydrogen) atoms. The van der Waals surface area contributed by atoms with Crippen LogP contribution in [0.1, 0.15) is 33.6 Å². The second kappa shape index (κ2) is 9.00. The number of hydrogen-bond donors (Lipinski definition) is 3. The van der Waals surface area contributed by atoms with Crippen LogP contribution in [-0.4, -0.2) is 44.3 Å². The number of carbonyl (C=O) groups is 2. The lowest BCUT2D eigenvalue weighted by Gasteiger charge is -2.29. The van der Waals surface area contributed by atoms with Crippen molar-refractivity contribution in [2.75, 3.05) is 18.2 Å². The highest BCUT2D eigenvalue weighted by molar-refractivity contribution is 7.88. The van der Waals surface area contributed by atoms with Crippen LogP contribution in [0.25, 0.3) is 0 Å². The number of aliphatic carboxylic acids is 1. The third-order valence-corrected chi connectivity index (χ3v) is 4.05. The van der Waals surface area contributed by atoms with Crippen molar-refractivity contribution < 1.29 is 27.9 Å². The van der Waals surface area contributed by atoms with Crippen molar-refractivity contribution in [2.45, 2.75) is 39.7 Å². The maximum absolute atomic E-state index is 12.5. The molecule has 0 radical (unpaired) electrons. The van der Waals surface area contributed by atoms with E-state index in [9.17, 15) is 18.0 Å². The molecule has 0 aliphatic rings. The van der Waals surface area contributed by atoms with Crippen LogP contribution in [-0.2, 0) is 19.6 Å². The number of carboxylic acids is 1. The number of carbonyl (C=O) groups excluding carboxylic acids is 1. The van der Waals surface area contributed by atoms with E-state index in [1.807, 2.05) is 0 Å². The maximum atomic E-state index is 12.5. The molecule has 146 valence electrons. The molecule has 1 aromatic rings. The first-order valence-corrected chi connectivity index (χ1v) is 10.0. The van der Waals surface area contributed by atoms with Gasteiger partial charge in [-0.05, 0) is 36.1 Å². The number of ether oxygens (including phenoxy) is 1. The van der Waals surface area contributed by atoms with Gasteiger partial charge in [-0.3, -0.25) is 9.59 Å². The largest absolute Gasteiger partial charge is 0.494 e. The van der Waals surface area contributed by atoms with Gasteiger partial charge in [0.1, 0.15) is 11.8 Å². The van der Waals surface area contributed by atoms with Gasteiger partial charge >= 0.3 is 5.97 Å². The van der Waals surface area contributed by atoms with E-state index in [1.165, 1.54) is 0 Å². The molecule has 0 saturated heterocycles. The van der Waals surface area contributed by atoms with Gasteiger partial charge in [-0.2, -0.15) is 0 Å². The van der Waals surface area contributed by atoms with Crippen LogP contribution in [0.3, 0.4) is 0 Å². The Morgan fingerprint density at radius 1 is 1.19 bits per heavy atom. The second-order valence-electron chi connectivity index (χ2n) is 7.05. The minimum absolute atomic E-state index is 0.0374. The van der Waals surface area contributed by atoms with Gasteiger partial charge in [0.15, 0.2) is 0 Å². The van der Waals surface area contributed by atoms with Crippen molar-refractivity contribution in [3.63, 3.8) is 0 Å². The molecular weight excluding hydrogens is 360 g/mol. The van der Waals surface area contributed by atoms with E-state index in [4.69, 9.17) is 9.84 Å². The van der Waals surface area contributed by atoms with Crippen LogP contribution in [0, 0.1) is 5.41 Å². The molecule has 1 atom stereocenters. The van der Waals surface area contributed by atoms with Crippen LogP contribution in [0.4, 0.5) is 5.69 Å². The lowest BCUT2D eigenvalue weighted by molar-refractivity contribution is -0.137. The maximum Gasteiger partial charge on any atom is 0.303 e. The highest BCUT2D eigenvalue weighted by Crippen LogP contribution is 2.22. The van der Waals surface area contributed by atoms with Crippen LogP contribution in [0.2, 0.25) is 0 Å². The summed E-state index contributed by atoms with van der Waals surface area (Å²) < 4.78 is 30.8. The molecule has 0 fully saturated rings. The molecule has 1 aromatic carbocycles. The van der Waals surface area contributed by atoms with E-state index in [1.54, 1.807) is 45.0 Å². The van der Waals surface area contributed by atoms with Gasteiger partial charge in [-0.15, -0.1) is 0 Å². The molecule has 0 aliphatic heterocycles. The number of sulfonamides is 1. The molecular formula is C17H26N2O6S. The Morgan fingerprint density at radius 3 is 2.23 bits per heavy atom. The fourth-order valence-corrected chi connectivity index (χ4v) is 2.99. The Balaban J connectivity index is 2.69. The molecule has 1 unspecified atom stereocenters. The summed E-state index contributed by atoms with van der Waals surface area (Å²) >= 11 is 0. The van der Waals surface area contributed by atoms with Crippen LogP contribution in [0.5, 0.6) is 5.75 Å². The van der Waals surface area contributed by atoms with E-state index < -0.39 is 33.4 Å². The van der Waals surface area contributed by atoms with Crippen LogP contribution >= 0.6 is 0 Å². The Bertz CT molecular complexity index is 723. The highest BCUT2D eigenvalue weighted by atomic mass is 32.2. The standard InChI is InChI=1S/C17H26N2O6S/c1-17(2,3)15(19-26(4,23)24)16(22)18-12-7-9-13(10-8-12)25-11-5-6-14(20)21/h7-10,15,19H,5-6,11H2,1-4H3,(H,18,22)(H,20,21). The first-order valence-electron chi connectivity index (χ1n) is 8.11. The molecule has 0 spiro atoms. The van der Waals surface area contributed by atoms with Gasteiger partial charge in [-0.25, -0.2) is 13.1 Å². The number of carboxylic acid groups (broad SMARTS) is 1. The molecule has 0 bridgehead atoms. The minimum atomic E-state index is -3.54. The smallest absolute Gasteiger partial charge is 0.303 e. The third-order valence-electron chi connectivity index (χ3n) is 3.39. The Morgan fingerprint density at radius 2 is 1.77 bits per heavy atom. The van der Waals surface area contributed by atoms with E-state index in [0.717, 1.165) is 6.26 Å². The molecule has 3 N–H and O–H groups in total. The quantitative estimate of drug-likeness (QED) is 0.557. The molecule has 0 aliphatic carbocycles. The molecule has 9 heteroatoms. The second-order valence-corrected chi connectivity index (χ2v) is 8.83. The summed E-state index contributed by atoms with van der Waals surface area (Å²) in [6.45, 7) is 5.58. The number of hydrogen-bond acceptors (Lipinski definition) is 5. The normalized spacial score (nSPS) is 13.1. The van der Waals surface area contributed by atoms with Crippen molar-refractivity contribution in [2.24, 2.45) is 5.41 Å². The van der Waals surface area contributed by atoms with Gasteiger partial charge in [0, 0.05) is 12.1 Å². The van der Waals surface area contributed by atoms with Gasteiger partial charge in [0.25, 0.3) is 0 Å². The van der Waals surface area contributed by atoms with Crippen molar-refractivity contribution in [3.05, 3.63) is 24.3 Å². The molecule has 0 saturated carbocycles. The fourth-order valence-electron chi connectivity index (χ4n) is 2.10. The Hall–Kier alpha value is -2.13. The summed E-state index contributed by atoms with van der Waals surface area (Å²) in [6.07, 6.45) is 1.45. The average molecular weight is 386 g/mol. The number of anilines is 1. The fraction of sp³-hybridized carbons (Fsp3) is 0.529. The van der Waals surface area contributed by atoms with E-state index in [0.29, 0.717) is 17.9 Å². The summed E-state index contributed by atoms with van der Waals surface area (Å²) in [5, 5.41) is 11.2. The monoisotopic (exact) mass is 386 g/mol. The van der Waals surface area contributed by atoms with Crippen molar-refractivity contribution >= 4 is 27.6 Å². The third kappa shape index (κ3) is 8.30. The minimum Gasteiger partial charge on any atom is -0.494 e. The van der Waals surface area contributed by atoms with Gasteiger partial charge in [-0.1, -0.05) is 20.8 Å². The topological polar surface area (TPSA) is 122 Å². The zero-order chi connectivity index (χ0) is 20.0. The lowest BCUT2D eigenvalue weighted by Crippen LogP contribution is -2.51. The van der Waals surface area contributed by atoms with Crippen LogP contribution < -0.4 is 14.8 Å². The lowest BCUT2D eigenvalue weighted by atomic mass is 9.87. The number of nitrogens with one attached hydrogen (secondary N) is 2. The summed E-state index contributed by atoms with van der Waals surface area (Å²) in [6, 6.07) is 5.62. The van der Waals surface area contributed by atoms with Crippen LogP contribution in [0.15, 0.2) is 24.3 Å². The van der Waals surface area contributed by atoms with E-state index >= 15 is 0 Å². The number of benzene rings is 1.